The van der Waals surface area contributed by atoms with Crippen molar-refractivity contribution < 1.29 is 19.1 Å². The van der Waals surface area contributed by atoms with Gasteiger partial charge in [-0.25, -0.2) is 0 Å². The smallest absolute Gasteiger partial charge is 0.262 e. The summed E-state index contributed by atoms with van der Waals surface area (Å²) in [7, 11) is 0. The molecule has 8 nitrogen and oxygen atoms in total. The van der Waals surface area contributed by atoms with Crippen LogP contribution in [0.4, 0.5) is 0 Å². The summed E-state index contributed by atoms with van der Waals surface area (Å²) < 4.78 is 5.54. The average Bonchev–Trinajstić information content (AvgIpc) is 3.46. The molecule has 0 aliphatic rings. The lowest BCUT2D eigenvalue weighted by molar-refractivity contribution is -0.130. The highest BCUT2D eigenvalue weighted by molar-refractivity contribution is 7.12. The van der Waals surface area contributed by atoms with E-state index in [1.165, 1.54) is 11.3 Å². The fourth-order valence-electron chi connectivity index (χ4n) is 4.60. The number of hydrogen-bond donors (Lipinski definition) is 4. The molecule has 224 valence electrons. The molecule has 0 aliphatic carbocycles. The van der Waals surface area contributed by atoms with Gasteiger partial charge in [0.25, 0.3) is 5.91 Å². The molecule has 0 aliphatic heterocycles. The van der Waals surface area contributed by atoms with Gasteiger partial charge >= 0.3 is 0 Å². The Morgan fingerprint density at radius 3 is 1.98 bits per heavy atom. The second kappa shape index (κ2) is 15.7. The SMILES string of the molecule is CCOc1ccc(C[C@@H](NC(=O)c2sccc2C)C(=O)N[C@@H](Cc2ccccc2)C(=O)NCc2ccc(CN)cc2)cc1. The van der Waals surface area contributed by atoms with Crippen molar-refractivity contribution in [1.29, 1.82) is 0 Å². The van der Waals surface area contributed by atoms with Crippen LogP contribution in [-0.2, 0) is 35.5 Å². The van der Waals surface area contributed by atoms with Crippen LogP contribution in [0.3, 0.4) is 0 Å². The lowest BCUT2D eigenvalue weighted by Crippen LogP contribution is -2.55. The summed E-state index contributed by atoms with van der Waals surface area (Å²) in [6.45, 7) is 5.06. The maximum atomic E-state index is 13.8. The molecule has 4 rings (SSSR count). The summed E-state index contributed by atoms with van der Waals surface area (Å²) in [6, 6.07) is 24.7. The van der Waals surface area contributed by atoms with Crippen LogP contribution in [0.2, 0.25) is 0 Å². The molecule has 5 N–H and O–H groups in total. The normalized spacial score (nSPS) is 12.2. The molecule has 1 aromatic heterocycles. The van der Waals surface area contributed by atoms with E-state index in [2.05, 4.69) is 16.0 Å². The first-order valence-electron chi connectivity index (χ1n) is 14.3. The standard InChI is InChI=1S/C34H38N4O4S/c1-3-42-28-15-13-25(14-16-28)20-30(38-34(41)31-23(2)17-18-43-31)33(40)37-29(19-24-7-5-4-6-8-24)32(39)36-22-27-11-9-26(21-35)10-12-27/h4-18,29-30H,3,19-22,35H2,1-2H3,(H,36,39)(H,37,40)(H,38,41)/t29-,30+/m0/s1. The minimum absolute atomic E-state index is 0.238. The van der Waals surface area contributed by atoms with Crippen LogP contribution >= 0.6 is 11.3 Å². The van der Waals surface area contributed by atoms with Crippen molar-refractivity contribution in [3.05, 3.63) is 123 Å². The molecule has 3 amide bonds. The Morgan fingerprint density at radius 1 is 0.767 bits per heavy atom. The second-order valence-electron chi connectivity index (χ2n) is 10.2. The Bertz CT molecular complexity index is 1490. The van der Waals surface area contributed by atoms with Crippen LogP contribution in [0.15, 0.2) is 90.3 Å². The second-order valence-corrected chi connectivity index (χ2v) is 11.1. The van der Waals surface area contributed by atoms with Crippen molar-refractivity contribution in [2.24, 2.45) is 5.73 Å². The largest absolute Gasteiger partial charge is 0.494 e. The van der Waals surface area contributed by atoms with Crippen molar-refractivity contribution in [1.82, 2.24) is 16.0 Å². The van der Waals surface area contributed by atoms with Gasteiger partial charge in [-0.15, -0.1) is 11.3 Å². The van der Waals surface area contributed by atoms with Crippen molar-refractivity contribution in [2.45, 2.75) is 51.9 Å². The van der Waals surface area contributed by atoms with Crippen molar-refractivity contribution in [2.75, 3.05) is 6.61 Å². The van der Waals surface area contributed by atoms with Gasteiger partial charge in [0.1, 0.15) is 17.8 Å². The number of benzene rings is 3. The number of ether oxygens (including phenoxy) is 1. The molecule has 43 heavy (non-hydrogen) atoms. The van der Waals surface area contributed by atoms with Crippen LogP contribution in [0.1, 0.15) is 44.4 Å². The van der Waals surface area contributed by atoms with Gasteiger partial charge in [0, 0.05) is 25.9 Å². The molecule has 9 heteroatoms. The maximum Gasteiger partial charge on any atom is 0.262 e. The third-order valence-electron chi connectivity index (χ3n) is 7.01. The molecule has 0 saturated carbocycles. The number of rotatable bonds is 14. The molecule has 1 heterocycles. The summed E-state index contributed by atoms with van der Waals surface area (Å²) in [5.74, 6) is -0.369. The fourth-order valence-corrected chi connectivity index (χ4v) is 5.43. The summed E-state index contributed by atoms with van der Waals surface area (Å²) in [5.41, 5.74) is 10.2. The van der Waals surface area contributed by atoms with E-state index in [0.29, 0.717) is 24.6 Å². The van der Waals surface area contributed by atoms with E-state index in [4.69, 9.17) is 10.5 Å². The van der Waals surface area contributed by atoms with Crippen molar-refractivity contribution in [3.63, 3.8) is 0 Å². The van der Waals surface area contributed by atoms with E-state index < -0.39 is 18.0 Å². The first-order chi connectivity index (χ1) is 20.9. The number of hydrogen-bond acceptors (Lipinski definition) is 6. The predicted octanol–water partition coefficient (Wildman–Crippen LogP) is 4.30. The van der Waals surface area contributed by atoms with Gasteiger partial charge in [0.05, 0.1) is 11.5 Å². The van der Waals surface area contributed by atoms with Gasteiger partial charge in [-0.3, -0.25) is 14.4 Å². The topological polar surface area (TPSA) is 123 Å². The molecule has 0 unspecified atom stereocenters. The van der Waals surface area contributed by atoms with Crippen LogP contribution in [0.25, 0.3) is 0 Å². The van der Waals surface area contributed by atoms with E-state index in [0.717, 1.165) is 33.6 Å². The Kier molecular flexibility index (Phi) is 11.5. The molecular formula is C34H38N4O4S. The third kappa shape index (κ3) is 9.26. The van der Waals surface area contributed by atoms with Gasteiger partial charge in [-0.2, -0.15) is 0 Å². The summed E-state index contributed by atoms with van der Waals surface area (Å²) in [4.78, 5) is 41.0. The fraction of sp³-hybridized carbons (Fsp3) is 0.265. The molecule has 0 spiro atoms. The van der Waals surface area contributed by atoms with Crippen molar-refractivity contribution >= 4 is 29.1 Å². The van der Waals surface area contributed by atoms with E-state index in [9.17, 15) is 14.4 Å². The predicted molar refractivity (Wildman–Crippen MR) is 170 cm³/mol. The lowest BCUT2D eigenvalue weighted by Gasteiger charge is -2.24. The number of aryl methyl sites for hydroxylation is 1. The number of nitrogens with one attached hydrogen (secondary N) is 3. The quantitative estimate of drug-likeness (QED) is 0.172. The maximum absolute atomic E-state index is 13.8. The zero-order valence-corrected chi connectivity index (χ0v) is 25.3. The van der Waals surface area contributed by atoms with E-state index in [1.807, 2.05) is 104 Å². The highest BCUT2D eigenvalue weighted by Gasteiger charge is 2.28. The molecule has 2 atom stereocenters. The molecule has 4 aromatic rings. The molecule has 0 radical (unpaired) electrons. The molecule has 0 bridgehead atoms. The Hall–Kier alpha value is -4.47. The van der Waals surface area contributed by atoms with Crippen LogP contribution in [0.5, 0.6) is 5.75 Å². The molecular weight excluding hydrogens is 560 g/mol. The number of amides is 3. The van der Waals surface area contributed by atoms with Gasteiger partial charge in [-0.05, 0) is 65.2 Å². The summed E-state index contributed by atoms with van der Waals surface area (Å²) in [5, 5.41) is 10.6. The van der Waals surface area contributed by atoms with Crippen LogP contribution < -0.4 is 26.4 Å². The number of carbonyl (C=O) groups excluding carboxylic acids is 3. The summed E-state index contributed by atoms with van der Waals surface area (Å²) in [6.07, 6.45) is 0.528. The third-order valence-corrected chi connectivity index (χ3v) is 8.02. The van der Waals surface area contributed by atoms with Gasteiger partial charge in [0.15, 0.2) is 0 Å². The molecule has 0 fully saturated rings. The zero-order valence-electron chi connectivity index (χ0n) is 24.5. The first-order valence-corrected chi connectivity index (χ1v) is 15.2. The Balaban J connectivity index is 1.53. The van der Waals surface area contributed by atoms with Gasteiger partial charge < -0.3 is 26.4 Å². The monoisotopic (exact) mass is 598 g/mol. The lowest BCUT2D eigenvalue weighted by atomic mass is 10.0. The van der Waals surface area contributed by atoms with Crippen LogP contribution in [0, 0.1) is 6.92 Å². The van der Waals surface area contributed by atoms with Gasteiger partial charge in [-0.1, -0.05) is 66.7 Å². The minimum Gasteiger partial charge on any atom is -0.494 e. The number of nitrogens with two attached hydrogens (primary N) is 1. The van der Waals surface area contributed by atoms with Gasteiger partial charge in [0.2, 0.25) is 11.8 Å². The highest BCUT2D eigenvalue weighted by Crippen LogP contribution is 2.17. The highest BCUT2D eigenvalue weighted by atomic mass is 32.1. The van der Waals surface area contributed by atoms with E-state index >= 15 is 0 Å². The Morgan fingerprint density at radius 2 is 1.37 bits per heavy atom. The summed E-state index contributed by atoms with van der Waals surface area (Å²) >= 11 is 1.32. The van der Waals surface area contributed by atoms with Crippen molar-refractivity contribution in [3.8, 4) is 5.75 Å². The number of thiophene rings is 1. The molecule has 3 aromatic carbocycles. The minimum atomic E-state index is -0.915. The average molecular weight is 599 g/mol. The number of carbonyl (C=O) groups is 3. The Labute approximate surface area is 256 Å². The van der Waals surface area contributed by atoms with Crippen LogP contribution in [-0.4, -0.2) is 36.4 Å². The molecule has 0 saturated heterocycles. The first kappa shape index (κ1) is 31.5. The zero-order chi connectivity index (χ0) is 30.6. The van der Waals surface area contributed by atoms with E-state index in [-0.39, 0.29) is 24.7 Å². The van der Waals surface area contributed by atoms with E-state index in [1.54, 1.807) is 0 Å².